The van der Waals surface area contributed by atoms with Gasteiger partial charge in [0.15, 0.2) is 0 Å². The molecule has 2 aliphatic rings. The quantitative estimate of drug-likeness (QED) is 0.217. The molecule has 0 bridgehead atoms. The van der Waals surface area contributed by atoms with Gasteiger partial charge >= 0.3 is 12.2 Å². The lowest BCUT2D eigenvalue weighted by atomic mass is 10.0. The van der Waals surface area contributed by atoms with Crippen molar-refractivity contribution >= 4 is 24.6 Å². The summed E-state index contributed by atoms with van der Waals surface area (Å²) in [7, 11) is 0. The predicted octanol–water partition coefficient (Wildman–Crippen LogP) is 7.49. The number of carbonyl (C=O) groups is 2. The molecule has 2 unspecified atom stereocenters. The second-order valence-electron chi connectivity index (χ2n) is 10.4. The van der Waals surface area contributed by atoms with Gasteiger partial charge < -0.3 is 9.47 Å². The van der Waals surface area contributed by atoms with Crippen LogP contribution in [-0.4, -0.2) is 59.8 Å². The number of rotatable bonds is 15. The number of benzene rings is 2. The number of hydrogen-bond donors (Lipinski definition) is 0. The lowest BCUT2D eigenvalue weighted by Crippen LogP contribution is -2.38. The first-order chi connectivity index (χ1) is 19.7. The lowest BCUT2D eigenvalue weighted by molar-refractivity contribution is 0.143. The average Bonchev–Trinajstić information content (AvgIpc) is 3.65. The van der Waals surface area contributed by atoms with Crippen LogP contribution in [0.2, 0.25) is 0 Å². The highest BCUT2D eigenvalue weighted by molar-refractivity contribution is 5.78. The van der Waals surface area contributed by atoms with E-state index in [-0.39, 0.29) is 24.5 Å². The van der Waals surface area contributed by atoms with Crippen LogP contribution in [-0.2, 0) is 0 Å². The molecule has 0 N–H and O–H groups in total. The molecule has 2 amide bonds. The Morgan fingerprint density at radius 1 is 0.575 bits per heavy atom. The number of unbranched alkanes of at least 4 members (excludes halogenated alkanes) is 9. The maximum atomic E-state index is 12.5. The van der Waals surface area contributed by atoms with Crippen molar-refractivity contribution in [2.45, 2.75) is 89.4 Å². The number of carbonyl (C=O) groups excluding carboxylic acids is 2. The molecule has 214 valence electrons. The van der Waals surface area contributed by atoms with Crippen molar-refractivity contribution in [3.63, 3.8) is 0 Å². The molecule has 2 aliphatic heterocycles. The van der Waals surface area contributed by atoms with E-state index in [1.165, 1.54) is 51.4 Å². The SMILES string of the molecule is O=C(Oc1ccccc1)N1CC=NC1CCCCCCCCCCCCC1N=CCN1C(=O)Oc1ccccc1. The summed E-state index contributed by atoms with van der Waals surface area (Å²) in [5.74, 6) is 1.13. The van der Waals surface area contributed by atoms with Crippen molar-refractivity contribution in [2.75, 3.05) is 13.1 Å². The van der Waals surface area contributed by atoms with Crippen molar-refractivity contribution in [3.8, 4) is 11.5 Å². The topological polar surface area (TPSA) is 83.8 Å². The Labute approximate surface area is 238 Å². The highest BCUT2D eigenvalue weighted by atomic mass is 16.6. The van der Waals surface area contributed by atoms with E-state index in [4.69, 9.17) is 9.47 Å². The van der Waals surface area contributed by atoms with Crippen molar-refractivity contribution in [1.29, 1.82) is 0 Å². The maximum Gasteiger partial charge on any atom is 0.417 e. The predicted molar refractivity (Wildman–Crippen MR) is 158 cm³/mol. The standard InChI is InChI=1S/C32H42N4O4/c37-31(39-27-17-11-9-12-18-27)35-25-23-33-29(35)21-15-7-5-3-1-2-4-6-8-16-22-30-34-24-26-36(30)32(38)40-28-19-13-10-14-20-28/h9-14,17-20,23-24,29-30H,1-8,15-16,21-22,25-26H2. The molecular formula is C32H42N4O4. The van der Waals surface area contributed by atoms with E-state index < -0.39 is 0 Å². The lowest BCUT2D eigenvalue weighted by Gasteiger charge is -2.22. The summed E-state index contributed by atoms with van der Waals surface area (Å²) in [5, 5.41) is 0. The molecule has 0 aromatic heterocycles. The van der Waals surface area contributed by atoms with Crippen molar-refractivity contribution in [1.82, 2.24) is 9.80 Å². The van der Waals surface area contributed by atoms with E-state index in [1.54, 1.807) is 34.1 Å². The van der Waals surface area contributed by atoms with Crippen LogP contribution in [0, 0.1) is 0 Å². The van der Waals surface area contributed by atoms with Gasteiger partial charge in [-0.15, -0.1) is 0 Å². The summed E-state index contributed by atoms with van der Waals surface area (Å²) in [6.07, 6.45) is 16.5. The molecule has 0 radical (unpaired) electrons. The fourth-order valence-corrected chi connectivity index (χ4v) is 5.14. The van der Waals surface area contributed by atoms with Crippen LogP contribution in [0.4, 0.5) is 9.59 Å². The van der Waals surface area contributed by atoms with Crippen LogP contribution in [0.25, 0.3) is 0 Å². The highest BCUT2D eigenvalue weighted by Crippen LogP contribution is 2.21. The second kappa shape index (κ2) is 16.4. The minimum atomic E-state index is -0.326. The third kappa shape index (κ3) is 9.50. The number of hydrogen-bond acceptors (Lipinski definition) is 6. The van der Waals surface area contributed by atoms with Crippen LogP contribution < -0.4 is 9.47 Å². The van der Waals surface area contributed by atoms with Gasteiger partial charge in [-0.2, -0.15) is 0 Å². The van der Waals surface area contributed by atoms with Gasteiger partial charge in [-0.25, -0.2) is 9.59 Å². The first kappa shape index (κ1) is 29.3. The number of nitrogens with zero attached hydrogens (tertiary/aromatic N) is 4. The summed E-state index contributed by atoms with van der Waals surface area (Å²) in [6, 6.07) is 18.4. The van der Waals surface area contributed by atoms with E-state index in [0.717, 1.165) is 25.7 Å². The fourth-order valence-electron chi connectivity index (χ4n) is 5.14. The zero-order chi connectivity index (χ0) is 27.8. The highest BCUT2D eigenvalue weighted by Gasteiger charge is 2.28. The molecule has 2 aromatic rings. The largest absolute Gasteiger partial charge is 0.417 e. The molecular weight excluding hydrogens is 504 g/mol. The number of aliphatic imine (C=N–C) groups is 2. The van der Waals surface area contributed by atoms with Gasteiger partial charge in [0.05, 0.1) is 13.1 Å². The van der Waals surface area contributed by atoms with Gasteiger partial charge in [0.1, 0.15) is 23.8 Å². The Balaban J connectivity index is 0.973. The van der Waals surface area contributed by atoms with Crippen LogP contribution in [0.3, 0.4) is 0 Å². The third-order valence-corrected chi connectivity index (χ3v) is 7.37. The van der Waals surface area contributed by atoms with Gasteiger partial charge in [0, 0.05) is 12.4 Å². The molecule has 2 atom stereocenters. The van der Waals surface area contributed by atoms with Crippen LogP contribution in [0.15, 0.2) is 70.6 Å². The molecule has 0 saturated heterocycles. The first-order valence-electron chi connectivity index (χ1n) is 14.8. The molecule has 8 nitrogen and oxygen atoms in total. The fraction of sp³-hybridized carbons (Fsp3) is 0.500. The summed E-state index contributed by atoms with van der Waals surface area (Å²) in [5.41, 5.74) is 0. The molecule has 0 spiro atoms. The zero-order valence-corrected chi connectivity index (χ0v) is 23.4. The van der Waals surface area contributed by atoms with E-state index in [2.05, 4.69) is 9.98 Å². The molecule has 4 rings (SSSR count). The molecule has 40 heavy (non-hydrogen) atoms. The minimum Gasteiger partial charge on any atom is -0.410 e. The monoisotopic (exact) mass is 546 g/mol. The summed E-state index contributed by atoms with van der Waals surface area (Å²) in [6.45, 7) is 1.03. The Morgan fingerprint density at radius 3 is 1.30 bits per heavy atom. The van der Waals surface area contributed by atoms with Crippen molar-refractivity contribution in [3.05, 3.63) is 60.7 Å². The van der Waals surface area contributed by atoms with Gasteiger partial charge in [-0.3, -0.25) is 19.8 Å². The average molecular weight is 547 g/mol. The van der Waals surface area contributed by atoms with Gasteiger partial charge in [0.25, 0.3) is 0 Å². The van der Waals surface area contributed by atoms with Crippen LogP contribution in [0.5, 0.6) is 11.5 Å². The van der Waals surface area contributed by atoms with Crippen LogP contribution >= 0.6 is 0 Å². The van der Waals surface area contributed by atoms with Gasteiger partial charge in [-0.05, 0) is 49.9 Å². The number of para-hydroxylation sites is 2. The smallest absolute Gasteiger partial charge is 0.410 e. The Hall–Kier alpha value is -3.68. The second-order valence-corrected chi connectivity index (χ2v) is 10.4. The normalized spacial score (nSPS) is 17.9. The first-order valence-corrected chi connectivity index (χ1v) is 14.8. The Bertz CT molecular complexity index is 1010. The van der Waals surface area contributed by atoms with E-state index in [0.29, 0.717) is 24.6 Å². The zero-order valence-electron chi connectivity index (χ0n) is 23.4. The Kier molecular flexibility index (Phi) is 12.0. The summed E-state index contributed by atoms with van der Waals surface area (Å²) >= 11 is 0. The number of amides is 2. The molecule has 2 heterocycles. The minimum absolute atomic E-state index is 0.104. The van der Waals surface area contributed by atoms with E-state index in [1.807, 2.05) is 48.8 Å². The van der Waals surface area contributed by atoms with Crippen LogP contribution in [0.1, 0.15) is 77.0 Å². The molecule has 0 aliphatic carbocycles. The maximum absolute atomic E-state index is 12.5. The van der Waals surface area contributed by atoms with Crippen molar-refractivity contribution < 1.29 is 19.1 Å². The van der Waals surface area contributed by atoms with E-state index in [9.17, 15) is 9.59 Å². The molecule has 0 fully saturated rings. The van der Waals surface area contributed by atoms with E-state index >= 15 is 0 Å². The molecule has 8 heteroatoms. The molecule has 2 aromatic carbocycles. The van der Waals surface area contributed by atoms with Gasteiger partial charge in [0.2, 0.25) is 0 Å². The third-order valence-electron chi connectivity index (χ3n) is 7.37. The molecule has 0 saturated carbocycles. The Morgan fingerprint density at radius 2 is 0.925 bits per heavy atom. The van der Waals surface area contributed by atoms with Crippen molar-refractivity contribution in [2.24, 2.45) is 9.98 Å². The van der Waals surface area contributed by atoms with Gasteiger partial charge in [-0.1, -0.05) is 87.8 Å². The summed E-state index contributed by atoms with van der Waals surface area (Å²) < 4.78 is 11.0. The summed E-state index contributed by atoms with van der Waals surface area (Å²) in [4.78, 5) is 37.4. The number of ether oxygens (including phenoxy) is 2.